The molecule has 0 unspecified atom stereocenters. The summed E-state index contributed by atoms with van der Waals surface area (Å²) in [5, 5.41) is 3.59. The summed E-state index contributed by atoms with van der Waals surface area (Å²) in [6, 6.07) is 0.595. The molecule has 1 rings (SSSR count). The van der Waals surface area contributed by atoms with E-state index in [1.807, 2.05) is 0 Å². The Morgan fingerprint density at radius 2 is 1.81 bits per heavy atom. The van der Waals surface area contributed by atoms with Gasteiger partial charge >= 0.3 is 0 Å². The van der Waals surface area contributed by atoms with E-state index in [1.165, 1.54) is 6.42 Å². The molecule has 0 aromatic carbocycles. The molecule has 1 aliphatic carbocycles. The zero-order chi connectivity index (χ0) is 12.2. The van der Waals surface area contributed by atoms with Crippen molar-refractivity contribution in [2.45, 2.75) is 58.9 Å². The van der Waals surface area contributed by atoms with E-state index < -0.39 is 0 Å². The SMILES string of the molecule is CC(C)(C)CCNC1CCC(C(N)=O)CC1. The second-order valence-corrected chi connectivity index (χ2v) is 6.22. The fourth-order valence-corrected chi connectivity index (χ4v) is 2.23. The molecular formula is C13H26N2O. The van der Waals surface area contributed by atoms with Crippen LogP contribution in [0.1, 0.15) is 52.9 Å². The standard InChI is InChI=1S/C13H26N2O/c1-13(2,3)8-9-15-11-6-4-10(5-7-11)12(14)16/h10-11,15H,4-9H2,1-3H3,(H2,14,16). The molecule has 0 radical (unpaired) electrons. The summed E-state index contributed by atoms with van der Waals surface area (Å²) in [6.07, 6.45) is 5.31. The predicted octanol–water partition coefficient (Wildman–Crippen LogP) is 2.06. The zero-order valence-corrected chi connectivity index (χ0v) is 10.9. The van der Waals surface area contributed by atoms with Crippen molar-refractivity contribution < 1.29 is 4.79 Å². The highest BCUT2D eigenvalue weighted by Gasteiger charge is 2.24. The Morgan fingerprint density at radius 3 is 2.25 bits per heavy atom. The molecule has 1 aliphatic rings. The lowest BCUT2D eigenvalue weighted by atomic mass is 9.85. The number of hydrogen-bond donors (Lipinski definition) is 2. The molecule has 0 heterocycles. The summed E-state index contributed by atoms with van der Waals surface area (Å²) in [5.74, 6) is 0.00816. The zero-order valence-electron chi connectivity index (χ0n) is 10.9. The molecule has 3 nitrogen and oxygen atoms in total. The van der Waals surface area contributed by atoms with Crippen LogP contribution in [0.25, 0.3) is 0 Å². The van der Waals surface area contributed by atoms with Crippen molar-refractivity contribution in [1.82, 2.24) is 5.32 Å². The maximum atomic E-state index is 11.0. The third-order valence-electron chi connectivity index (χ3n) is 3.44. The van der Waals surface area contributed by atoms with Crippen LogP contribution in [0, 0.1) is 11.3 Å². The van der Waals surface area contributed by atoms with E-state index in [1.54, 1.807) is 0 Å². The fourth-order valence-electron chi connectivity index (χ4n) is 2.23. The molecule has 0 saturated heterocycles. The molecule has 1 fully saturated rings. The summed E-state index contributed by atoms with van der Waals surface area (Å²) < 4.78 is 0. The second kappa shape index (κ2) is 5.67. The molecule has 0 aliphatic heterocycles. The van der Waals surface area contributed by atoms with E-state index in [2.05, 4.69) is 26.1 Å². The topological polar surface area (TPSA) is 55.1 Å². The molecule has 16 heavy (non-hydrogen) atoms. The molecule has 0 bridgehead atoms. The van der Waals surface area contributed by atoms with Gasteiger partial charge in [0.2, 0.25) is 5.91 Å². The van der Waals surface area contributed by atoms with E-state index >= 15 is 0 Å². The van der Waals surface area contributed by atoms with E-state index in [9.17, 15) is 4.79 Å². The highest BCUT2D eigenvalue weighted by atomic mass is 16.1. The minimum Gasteiger partial charge on any atom is -0.369 e. The summed E-state index contributed by atoms with van der Waals surface area (Å²) in [7, 11) is 0. The van der Waals surface area contributed by atoms with E-state index in [0.29, 0.717) is 11.5 Å². The molecule has 1 saturated carbocycles. The molecule has 0 aromatic rings. The van der Waals surface area contributed by atoms with Gasteiger partial charge in [-0.05, 0) is 44.1 Å². The number of primary amides is 1. The summed E-state index contributed by atoms with van der Waals surface area (Å²) in [6.45, 7) is 7.87. The Labute approximate surface area is 99.2 Å². The van der Waals surface area contributed by atoms with Crippen molar-refractivity contribution >= 4 is 5.91 Å². The van der Waals surface area contributed by atoms with Gasteiger partial charge in [0.05, 0.1) is 0 Å². The predicted molar refractivity (Wildman–Crippen MR) is 67.0 cm³/mol. The maximum Gasteiger partial charge on any atom is 0.220 e. The van der Waals surface area contributed by atoms with Gasteiger partial charge in [-0.25, -0.2) is 0 Å². The number of hydrogen-bond acceptors (Lipinski definition) is 2. The van der Waals surface area contributed by atoms with Crippen LogP contribution < -0.4 is 11.1 Å². The minimum atomic E-state index is -0.117. The van der Waals surface area contributed by atoms with Crippen LogP contribution in [0.2, 0.25) is 0 Å². The van der Waals surface area contributed by atoms with Gasteiger partial charge in [0.1, 0.15) is 0 Å². The Bertz CT molecular complexity index is 225. The van der Waals surface area contributed by atoms with Gasteiger partial charge in [-0.2, -0.15) is 0 Å². The highest BCUT2D eigenvalue weighted by molar-refractivity contribution is 5.76. The second-order valence-electron chi connectivity index (χ2n) is 6.22. The van der Waals surface area contributed by atoms with Crippen molar-refractivity contribution in [3.8, 4) is 0 Å². The largest absolute Gasteiger partial charge is 0.369 e. The van der Waals surface area contributed by atoms with Gasteiger partial charge in [0.25, 0.3) is 0 Å². The average Bonchev–Trinajstić information content (AvgIpc) is 2.16. The van der Waals surface area contributed by atoms with Crippen LogP contribution >= 0.6 is 0 Å². The van der Waals surface area contributed by atoms with Gasteiger partial charge in [0.15, 0.2) is 0 Å². The number of amides is 1. The Morgan fingerprint density at radius 1 is 1.25 bits per heavy atom. The lowest BCUT2D eigenvalue weighted by molar-refractivity contribution is -0.122. The van der Waals surface area contributed by atoms with Crippen LogP contribution in [0.3, 0.4) is 0 Å². The third kappa shape index (κ3) is 4.97. The average molecular weight is 226 g/mol. The molecular weight excluding hydrogens is 200 g/mol. The molecule has 94 valence electrons. The van der Waals surface area contributed by atoms with Crippen molar-refractivity contribution in [2.24, 2.45) is 17.1 Å². The summed E-state index contributed by atoms with van der Waals surface area (Å²) in [4.78, 5) is 11.0. The fraction of sp³-hybridized carbons (Fsp3) is 0.923. The summed E-state index contributed by atoms with van der Waals surface area (Å²) in [5.41, 5.74) is 5.71. The van der Waals surface area contributed by atoms with Crippen molar-refractivity contribution in [3.05, 3.63) is 0 Å². The van der Waals surface area contributed by atoms with E-state index in [0.717, 1.165) is 32.2 Å². The van der Waals surface area contributed by atoms with Gasteiger partial charge in [-0.15, -0.1) is 0 Å². The monoisotopic (exact) mass is 226 g/mol. The van der Waals surface area contributed by atoms with Crippen LogP contribution in [-0.4, -0.2) is 18.5 Å². The number of rotatable bonds is 4. The Hall–Kier alpha value is -0.570. The first-order valence-electron chi connectivity index (χ1n) is 6.41. The van der Waals surface area contributed by atoms with Gasteiger partial charge in [-0.3, -0.25) is 4.79 Å². The normalized spacial score (nSPS) is 26.7. The number of carbonyl (C=O) groups excluding carboxylic acids is 1. The van der Waals surface area contributed by atoms with E-state index in [4.69, 9.17) is 5.73 Å². The number of nitrogens with two attached hydrogens (primary N) is 1. The maximum absolute atomic E-state index is 11.0. The lowest BCUT2D eigenvalue weighted by Crippen LogP contribution is -2.37. The van der Waals surface area contributed by atoms with Gasteiger partial charge in [-0.1, -0.05) is 20.8 Å². The van der Waals surface area contributed by atoms with Crippen LogP contribution in [0.5, 0.6) is 0 Å². The first-order chi connectivity index (χ1) is 7.38. The third-order valence-corrected chi connectivity index (χ3v) is 3.44. The molecule has 0 aromatic heterocycles. The molecule has 1 amide bonds. The Kier molecular flexibility index (Phi) is 4.78. The van der Waals surface area contributed by atoms with Crippen LogP contribution in [0.15, 0.2) is 0 Å². The van der Waals surface area contributed by atoms with Crippen molar-refractivity contribution in [3.63, 3.8) is 0 Å². The van der Waals surface area contributed by atoms with Crippen LogP contribution in [0.4, 0.5) is 0 Å². The molecule has 0 spiro atoms. The van der Waals surface area contributed by atoms with Crippen molar-refractivity contribution in [1.29, 1.82) is 0 Å². The minimum absolute atomic E-state index is 0.117. The Balaban J connectivity index is 2.15. The number of nitrogens with one attached hydrogen (secondary N) is 1. The van der Waals surface area contributed by atoms with Crippen LogP contribution in [-0.2, 0) is 4.79 Å². The smallest absolute Gasteiger partial charge is 0.220 e. The summed E-state index contributed by atoms with van der Waals surface area (Å²) >= 11 is 0. The van der Waals surface area contributed by atoms with Crippen molar-refractivity contribution in [2.75, 3.05) is 6.54 Å². The first-order valence-corrected chi connectivity index (χ1v) is 6.41. The number of carbonyl (C=O) groups is 1. The van der Waals surface area contributed by atoms with Gasteiger partial charge < -0.3 is 11.1 Å². The molecule has 0 atom stereocenters. The molecule has 3 heteroatoms. The van der Waals surface area contributed by atoms with Gasteiger partial charge in [0, 0.05) is 12.0 Å². The molecule has 3 N–H and O–H groups in total. The highest BCUT2D eigenvalue weighted by Crippen LogP contribution is 2.24. The quantitative estimate of drug-likeness (QED) is 0.771. The van der Waals surface area contributed by atoms with E-state index in [-0.39, 0.29) is 11.8 Å². The lowest BCUT2D eigenvalue weighted by Gasteiger charge is -2.28. The first kappa shape index (κ1) is 13.5.